The van der Waals surface area contributed by atoms with Crippen LogP contribution in [0.2, 0.25) is 15.1 Å². The number of hydrogen-bond acceptors (Lipinski definition) is 6. The van der Waals surface area contributed by atoms with Gasteiger partial charge in [0, 0.05) is 37.6 Å². The molecule has 8 nitrogen and oxygen atoms in total. The fraction of sp³-hybridized carbons (Fsp3) is 0.429. The first-order chi connectivity index (χ1) is 22.1. The second-order valence-electron chi connectivity index (χ2n) is 11.7. The minimum absolute atomic E-state index is 0.0135. The van der Waals surface area contributed by atoms with Crippen molar-refractivity contribution in [2.45, 2.75) is 58.0 Å². The molecule has 46 heavy (non-hydrogen) atoms. The van der Waals surface area contributed by atoms with E-state index >= 15 is 0 Å². The van der Waals surface area contributed by atoms with Gasteiger partial charge in [-0.05, 0) is 97.7 Å². The Hall–Kier alpha value is -3.01. The molecule has 3 aromatic rings. The highest BCUT2D eigenvalue weighted by Gasteiger charge is 2.31. The number of rotatable bonds is 13. The molecule has 0 unspecified atom stereocenters. The number of piperidine rings is 1. The standard InChI is InChI=1S/C21H23Cl2NO4.C14H19ClN2O/c1-13-10-18(22)20(19(23)11-13)28-9-8-27-15-4-2-14(3-5-15)16-6-7-24-12-17(16)21(25)26;1-10(18)16-7-6-11-2-5-14(15)12(8-11)9-17-13-3-4-13/h2-5,10-11,16-17,24H,6-9,12H2,1H3,(H,25,26);2,5,8,13,17H,3-4,6-7,9H2,1H3,(H,16,18)/t16-,17+;/m1./s1. The van der Waals surface area contributed by atoms with E-state index in [1.807, 2.05) is 43.3 Å². The first-order valence-electron chi connectivity index (χ1n) is 15.6. The maximum absolute atomic E-state index is 11.5. The van der Waals surface area contributed by atoms with E-state index in [-0.39, 0.29) is 11.8 Å². The zero-order valence-electron chi connectivity index (χ0n) is 26.2. The van der Waals surface area contributed by atoms with Gasteiger partial charge in [0.1, 0.15) is 19.0 Å². The van der Waals surface area contributed by atoms with E-state index in [0.29, 0.717) is 53.9 Å². The number of aliphatic carboxylic acids is 1. The molecule has 1 saturated heterocycles. The zero-order valence-corrected chi connectivity index (χ0v) is 28.5. The predicted octanol–water partition coefficient (Wildman–Crippen LogP) is 6.81. The van der Waals surface area contributed by atoms with Crippen LogP contribution in [0, 0.1) is 12.8 Å². The van der Waals surface area contributed by atoms with Crippen LogP contribution in [0.3, 0.4) is 0 Å². The Morgan fingerprint density at radius 2 is 1.63 bits per heavy atom. The molecule has 0 radical (unpaired) electrons. The lowest BCUT2D eigenvalue weighted by Crippen LogP contribution is -2.39. The molecule has 2 aliphatic rings. The second kappa shape index (κ2) is 17.8. The van der Waals surface area contributed by atoms with Gasteiger partial charge < -0.3 is 30.5 Å². The van der Waals surface area contributed by atoms with E-state index < -0.39 is 11.9 Å². The van der Waals surface area contributed by atoms with Crippen LogP contribution in [0.5, 0.6) is 11.5 Å². The van der Waals surface area contributed by atoms with Crippen LogP contribution in [0.25, 0.3) is 0 Å². The number of carbonyl (C=O) groups excluding carboxylic acids is 1. The van der Waals surface area contributed by atoms with Gasteiger partial charge in [-0.15, -0.1) is 0 Å². The summed E-state index contributed by atoms with van der Waals surface area (Å²) in [7, 11) is 0. The summed E-state index contributed by atoms with van der Waals surface area (Å²) in [6.45, 7) is 6.92. The molecule has 0 bridgehead atoms. The van der Waals surface area contributed by atoms with Crippen molar-refractivity contribution in [3.63, 3.8) is 0 Å². The Morgan fingerprint density at radius 3 is 2.28 bits per heavy atom. The van der Waals surface area contributed by atoms with Gasteiger partial charge in [-0.1, -0.05) is 59.1 Å². The number of carbonyl (C=O) groups is 2. The Kier molecular flexibility index (Phi) is 13.9. The largest absolute Gasteiger partial charge is 0.490 e. The second-order valence-corrected chi connectivity index (χ2v) is 12.9. The maximum atomic E-state index is 11.5. The number of nitrogens with one attached hydrogen (secondary N) is 3. The molecule has 1 amide bonds. The van der Waals surface area contributed by atoms with E-state index in [1.54, 1.807) is 12.1 Å². The van der Waals surface area contributed by atoms with Gasteiger partial charge in [0.2, 0.25) is 5.91 Å². The normalized spacial score (nSPS) is 17.4. The summed E-state index contributed by atoms with van der Waals surface area (Å²) in [6, 6.07) is 18.0. The van der Waals surface area contributed by atoms with Gasteiger partial charge in [-0.3, -0.25) is 9.59 Å². The van der Waals surface area contributed by atoms with Crippen LogP contribution in [-0.4, -0.2) is 55.9 Å². The SMILES string of the molecule is CC(=O)NCCc1ccc(Cl)c(CNC2CC2)c1.Cc1cc(Cl)c(OCCOc2ccc([C@H]3CCNC[C@@H]3C(=O)O)cc2)c(Cl)c1. The van der Waals surface area contributed by atoms with Crippen LogP contribution < -0.4 is 25.4 Å². The van der Waals surface area contributed by atoms with Crippen LogP contribution in [0.15, 0.2) is 54.6 Å². The molecule has 2 atom stereocenters. The molecular weight excluding hydrogens is 649 g/mol. The number of hydrogen-bond donors (Lipinski definition) is 4. The first-order valence-corrected chi connectivity index (χ1v) is 16.7. The van der Waals surface area contributed by atoms with E-state index in [9.17, 15) is 14.7 Å². The van der Waals surface area contributed by atoms with E-state index in [1.165, 1.54) is 25.3 Å². The van der Waals surface area contributed by atoms with Crippen LogP contribution in [0.4, 0.5) is 0 Å². The van der Waals surface area contributed by atoms with Gasteiger partial charge in [0.25, 0.3) is 0 Å². The molecule has 0 aromatic heterocycles. The van der Waals surface area contributed by atoms with Crippen molar-refractivity contribution in [3.8, 4) is 11.5 Å². The summed E-state index contributed by atoms with van der Waals surface area (Å²) in [4.78, 5) is 22.3. The number of ether oxygens (including phenoxy) is 2. The van der Waals surface area contributed by atoms with Crippen molar-refractivity contribution in [1.29, 1.82) is 0 Å². The lowest BCUT2D eigenvalue weighted by Gasteiger charge is -2.29. The third kappa shape index (κ3) is 11.4. The lowest BCUT2D eigenvalue weighted by molar-refractivity contribution is -0.143. The van der Waals surface area contributed by atoms with Gasteiger partial charge >= 0.3 is 5.97 Å². The number of carboxylic acid groups (broad SMARTS) is 1. The number of amides is 1. The van der Waals surface area contributed by atoms with Crippen molar-refractivity contribution in [2.24, 2.45) is 5.92 Å². The van der Waals surface area contributed by atoms with Crippen molar-refractivity contribution >= 4 is 46.7 Å². The molecule has 1 heterocycles. The van der Waals surface area contributed by atoms with Gasteiger partial charge in [0.05, 0.1) is 16.0 Å². The Labute approximate surface area is 286 Å². The fourth-order valence-corrected chi connectivity index (χ4v) is 6.19. The quantitative estimate of drug-likeness (QED) is 0.146. The van der Waals surface area contributed by atoms with Gasteiger partial charge in [0.15, 0.2) is 5.75 Å². The molecule has 1 aliphatic heterocycles. The summed E-state index contributed by atoms with van der Waals surface area (Å²) in [5.74, 6) is 0.0235. The van der Waals surface area contributed by atoms with Crippen molar-refractivity contribution in [3.05, 3.63) is 91.9 Å². The zero-order chi connectivity index (χ0) is 33.1. The average molecular weight is 691 g/mol. The monoisotopic (exact) mass is 689 g/mol. The third-order valence-electron chi connectivity index (χ3n) is 7.90. The molecule has 248 valence electrons. The number of aryl methyl sites for hydroxylation is 1. The van der Waals surface area contributed by atoms with Gasteiger partial charge in [-0.2, -0.15) is 0 Å². The topological polar surface area (TPSA) is 109 Å². The number of benzene rings is 3. The molecule has 3 aromatic carbocycles. The van der Waals surface area contributed by atoms with Crippen LogP contribution in [0.1, 0.15) is 54.4 Å². The minimum atomic E-state index is -0.761. The van der Waals surface area contributed by atoms with Crippen molar-refractivity contribution in [1.82, 2.24) is 16.0 Å². The van der Waals surface area contributed by atoms with E-state index in [0.717, 1.165) is 47.6 Å². The molecule has 1 aliphatic carbocycles. The smallest absolute Gasteiger partial charge is 0.308 e. The lowest BCUT2D eigenvalue weighted by atomic mass is 9.81. The first kappa shape index (κ1) is 35.8. The molecule has 4 N–H and O–H groups in total. The van der Waals surface area contributed by atoms with Crippen molar-refractivity contribution in [2.75, 3.05) is 32.8 Å². The Bertz CT molecular complexity index is 1440. The number of carboxylic acids is 1. The summed E-state index contributed by atoms with van der Waals surface area (Å²) in [5, 5.41) is 20.6. The summed E-state index contributed by atoms with van der Waals surface area (Å²) >= 11 is 18.5. The molecule has 2 fully saturated rings. The Balaban J connectivity index is 0.000000230. The fourth-order valence-electron chi connectivity index (χ4n) is 5.30. The maximum Gasteiger partial charge on any atom is 0.308 e. The van der Waals surface area contributed by atoms with Crippen LogP contribution >= 0.6 is 34.8 Å². The summed E-state index contributed by atoms with van der Waals surface area (Å²) in [6.07, 6.45) is 4.20. The van der Waals surface area contributed by atoms with Crippen LogP contribution in [-0.2, 0) is 22.6 Å². The highest BCUT2D eigenvalue weighted by atomic mass is 35.5. The summed E-state index contributed by atoms with van der Waals surface area (Å²) < 4.78 is 11.4. The minimum Gasteiger partial charge on any atom is -0.490 e. The highest BCUT2D eigenvalue weighted by molar-refractivity contribution is 6.37. The number of halogens is 3. The molecule has 5 rings (SSSR count). The highest BCUT2D eigenvalue weighted by Crippen LogP contribution is 2.34. The molecule has 11 heteroatoms. The summed E-state index contributed by atoms with van der Waals surface area (Å²) in [5.41, 5.74) is 4.35. The molecular formula is C35H42Cl3N3O5. The average Bonchev–Trinajstić information content (AvgIpc) is 3.85. The van der Waals surface area contributed by atoms with Crippen molar-refractivity contribution < 1.29 is 24.2 Å². The van der Waals surface area contributed by atoms with Gasteiger partial charge in [-0.25, -0.2) is 0 Å². The molecule has 1 saturated carbocycles. The predicted molar refractivity (Wildman–Crippen MR) is 184 cm³/mol. The Morgan fingerprint density at radius 1 is 0.935 bits per heavy atom. The molecule has 0 spiro atoms. The third-order valence-corrected chi connectivity index (χ3v) is 8.84. The van der Waals surface area contributed by atoms with E-state index in [4.69, 9.17) is 44.3 Å². The van der Waals surface area contributed by atoms with E-state index in [2.05, 4.69) is 22.0 Å².